The number of aliphatic hydroxyl groups excluding tert-OH is 1. The van der Waals surface area contributed by atoms with Gasteiger partial charge < -0.3 is 20.2 Å². The molecule has 23 heavy (non-hydrogen) atoms. The van der Waals surface area contributed by atoms with Crippen molar-refractivity contribution in [3.63, 3.8) is 0 Å². The van der Waals surface area contributed by atoms with E-state index in [4.69, 9.17) is 4.42 Å². The molecule has 0 spiro atoms. The van der Waals surface area contributed by atoms with Crippen molar-refractivity contribution in [3.05, 3.63) is 54.2 Å². The summed E-state index contributed by atoms with van der Waals surface area (Å²) in [6, 6.07) is 9.09. The third-order valence-corrected chi connectivity index (χ3v) is 4.19. The minimum Gasteiger partial charge on any atom is -0.467 e. The first-order chi connectivity index (χ1) is 11.2. The second-order valence-corrected chi connectivity index (χ2v) is 5.92. The van der Waals surface area contributed by atoms with Gasteiger partial charge in [-0.05, 0) is 43.0 Å². The minimum absolute atomic E-state index is 0.0371. The van der Waals surface area contributed by atoms with E-state index in [1.165, 1.54) is 0 Å². The maximum atomic E-state index is 12.1. The van der Waals surface area contributed by atoms with Crippen molar-refractivity contribution in [2.24, 2.45) is 5.92 Å². The Labute approximate surface area is 134 Å². The maximum absolute atomic E-state index is 12.1. The molecule has 0 radical (unpaired) electrons. The standard InChI is InChI=1S/C17H21N3O3/c21-14-8-12(9-14)16(10-13-4-1-2-6-18-13)20-17(22)19-11-15-5-3-7-23-15/h1-7,12,14,16,21H,8-11H2,(H2,19,20,22)/t12?,14?,16-/m0/s1. The maximum Gasteiger partial charge on any atom is 0.315 e. The molecule has 0 aliphatic heterocycles. The zero-order valence-electron chi connectivity index (χ0n) is 12.8. The summed E-state index contributed by atoms with van der Waals surface area (Å²) in [7, 11) is 0. The average molecular weight is 315 g/mol. The molecule has 3 rings (SSSR count). The van der Waals surface area contributed by atoms with Crippen molar-refractivity contribution in [1.29, 1.82) is 0 Å². The summed E-state index contributed by atoms with van der Waals surface area (Å²) in [6.45, 7) is 0.350. The van der Waals surface area contributed by atoms with Crippen LogP contribution in [0, 0.1) is 5.92 Å². The Balaban J connectivity index is 1.55. The summed E-state index contributed by atoms with van der Waals surface area (Å²) in [5.41, 5.74) is 0.935. The molecule has 1 saturated carbocycles. The Morgan fingerprint density at radius 2 is 2.22 bits per heavy atom. The van der Waals surface area contributed by atoms with E-state index in [1.54, 1.807) is 18.5 Å². The monoisotopic (exact) mass is 315 g/mol. The molecule has 2 heterocycles. The number of amides is 2. The van der Waals surface area contributed by atoms with Crippen LogP contribution in [0.5, 0.6) is 0 Å². The molecule has 0 unspecified atom stereocenters. The van der Waals surface area contributed by atoms with Gasteiger partial charge in [-0.15, -0.1) is 0 Å². The number of hydrogen-bond donors (Lipinski definition) is 3. The van der Waals surface area contributed by atoms with Gasteiger partial charge >= 0.3 is 6.03 Å². The fraction of sp³-hybridized carbons (Fsp3) is 0.412. The Bertz CT molecular complexity index is 609. The van der Waals surface area contributed by atoms with Crippen LogP contribution >= 0.6 is 0 Å². The summed E-state index contributed by atoms with van der Waals surface area (Å²) < 4.78 is 5.19. The third kappa shape index (κ3) is 4.32. The topological polar surface area (TPSA) is 87.4 Å². The summed E-state index contributed by atoms with van der Waals surface area (Å²) in [5.74, 6) is 0.988. The molecule has 0 saturated heterocycles. The molecule has 0 bridgehead atoms. The van der Waals surface area contributed by atoms with Gasteiger partial charge in [-0.1, -0.05) is 6.07 Å². The van der Waals surface area contributed by atoms with Crippen LogP contribution in [-0.4, -0.2) is 28.3 Å². The van der Waals surface area contributed by atoms with Crippen molar-refractivity contribution in [1.82, 2.24) is 15.6 Å². The summed E-state index contributed by atoms with van der Waals surface area (Å²) in [5, 5.41) is 15.3. The van der Waals surface area contributed by atoms with E-state index in [0.29, 0.717) is 18.7 Å². The van der Waals surface area contributed by atoms with Crippen molar-refractivity contribution in [2.45, 2.75) is 38.0 Å². The van der Waals surface area contributed by atoms with E-state index in [2.05, 4.69) is 15.6 Å². The number of carbonyl (C=O) groups is 1. The van der Waals surface area contributed by atoms with Gasteiger partial charge in [0.05, 0.1) is 18.9 Å². The largest absolute Gasteiger partial charge is 0.467 e. The SMILES string of the molecule is O=C(NCc1ccco1)N[C@@H](Cc1ccccn1)C1CC(O)C1. The van der Waals surface area contributed by atoms with Crippen LogP contribution < -0.4 is 10.6 Å². The highest BCUT2D eigenvalue weighted by Gasteiger charge is 2.35. The van der Waals surface area contributed by atoms with Gasteiger partial charge in [0.15, 0.2) is 0 Å². The number of aromatic nitrogens is 1. The van der Waals surface area contributed by atoms with Crippen LogP contribution in [0.25, 0.3) is 0 Å². The van der Waals surface area contributed by atoms with E-state index in [9.17, 15) is 9.90 Å². The first-order valence-electron chi connectivity index (χ1n) is 7.85. The van der Waals surface area contributed by atoms with Gasteiger partial charge in [0.2, 0.25) is 0 Å². The molecular formula is C17H21N3O3. The molecule has 6 nitrogen and oxygen atoms in total. The van der Waals surface area contributed by atoms with Crippen molar-refractivity contribution < 1.29 is 14.3 Å². The highest BCUT2D eigenvalue weighted by molar-refractivity contribution is 5.74. The number of rotatable bonds is 6. The van der Waals surface area contributed by atoms with E-state index < -0.39 is 0 Å². The van der Waals surface area contributed by atoms with Gasteiger partial charge in [0, 0.05) is 24.4 Å². The number of hydrogen-bond acceptors (Lipinski definition) is 4. The van der Waals surface area contributed by atoms with Crippen molar-refractivity contribution in [2.75, 3.05) is 0 Å². The predicted molar refractivity (Wildman–Crippen MR) is 84.5 cm³/mol. The van der Waals surface area contributed by atoms with Crippen LogP contribution in [0.2, 0.25) is 0 Å². The summed E-state index contributed by atoms with van der Waals surface area (Å²) >= 11 is 0. The number of furan rings is 1. The molecule has 1 aliphatic carbocycles. The smallest absolute Gasteiger partial charge is 0.315 e. The zero-order chi connectivity index (χ0) is 16.1. The summed E-state index contributed by atoms with van der Waals surface area (Å²) in [6.07, 6.45) is 5.17. The Morgan fingerprint density at radius 3 is 2.87 bits per heavy atom. The van der Waals surface area contributed by atoms with Crippen molar-refractivity contribution in [3.8, 4) is 0 Å². The number of urea groups is 1. The molecule has 3 N–H and O–H groups in total. The predicted octanol–water partition coefficient (Wildman–Crippen LogP) is 1.86. The van der Waals surface area contributed by atoms with E-state index in [-0.39, 0.29) is 24.1 Å². The number of nitrogens with one attached hydrogen (secondary N) is 2. The van der Waals surface area contributed by atoms with E-state index in [0.717, 1.165) is 18.5 Å². The second kappa shape index (κ2) is 7.28. The van der Waals surface area contributed by atoms with Gasteiger partial charge in [-0.2, -0.15) is 0 Å². The fourth-order valence-electron chi connectivity index (χ4n) is 2.84. The number of carbonyl (C=O) groups excluding carboxylic acids is 1. The average Bonchev–Trinajstić information content (AvgIpc) is 3.04. The molecule has 2 aromatic rings. The first kappa shape index (κ1) is 15.6. The normalized spacial score (nSPS) is 21.3. The molecule has 122 valence electrons. The molecule has 1 fully saturated rings. The van der Waals surface area contributed by atoms with Crippen LogP contribution in [0.4, 0.5) is 4.79 Å². The lowest BCUT2D eigenvalue weighted by Crippen LogP contribution is -2.51. The molecule has 1 atom stereocenters. The molecule has 2 aromatic heterocycles. The number of pyridine rings is 1. The van der Waals surface area contributed by atoms with Gasteiger partial charge in [-0.3, -0.25) is 4.98 Å². The number of aliphatic hydroxyl groups is 1. The van der Waals surface area contributed by atoms with Crippen LogP contribution in [0.3, 0.4) is 0 Å². The zero-order valence-corrected chi connectivity index (χ0v) is 12.8. The minimum atomic E-state index is -0.251. The summed E-state index contributed by atoms with van der Waals surface area (Å²) in [4.78, 5) is 16.4. The van der Waals surface area contributed by atoms with Gasteiger partial charge in [-0.25, -0.2) is 4.79 Å². The first-order valence-corrected chi connectivity index (χ1v) is 7.85. The fourth-order valence-corrected chi connectivity index (χ4v) is 2.84. The highest BCUT2D eigenvalue weighted by atomic mass is 16.3. The van der Waals surface area contributed by atoms with E-state index in [1.807, 2.05) is 24.3 Å². The Kier molecular flexibility index (Phi) is 4.92. The van der Waals surface area contributed by atoms with Crippen LogP contribution in [0.15, 0.2) is 47.2 Å². The number of nitrogens with zero attached hydrogens (tertiary/aromatic N) is 1. The van der Waals surface area contributed by atoms with Crippen molar-refractivity contribution >= 4 is 6.03 Å². The molecular weight excluding hydrogens is 294 g/mol. The highest BCUT2D eigenvalue weighted by Crippen LogP contribution is 2.31. The Hall–Kier alpha value is -2.34. The molecule has 6 heteroatoms. The van der Waals surface area contributed by atoms with Gasteiger partial charge in [0.25, 0.3) is 0 Å². The third-order valence-electron chi connectivity index (χ3n) is 4.19. The molecule has 2 amide bonds. The Morgan fingerprint density at radius 1 is 1.35 bits per heavy atom. The quantitative estimate of drug-likeness (QED) is 0.759. The lowest BCUT2D eigenvalue weighted by atomic mass is 9.76. The van der Waals surface area contributed by atoms with E-state index >= 15 is 0 Å². The van der Waals surface area contributed by atoms with Gasteiger partial charge in [0.1, 0.15) is 5.76 Å². The second-order valence-electron chi connectivity index (χ2n) is 5.92. The molecule has 0 aromatic carbocycles. The molecule has 1 aliphatic rings. The van der Waals surface area contributed by atoms with Crippen LogP contribution in [0.1, 0.15) is 24.3 Å². The lowest BCUT2D eigenvalue weighted by molar-refractivity contribution is 0.0261. The lowest BCUT2D eigenvalue weighted by Gasteiger charge is -2.38. The van der Waals surface area contributed by atoms with Crippen LogP contribution in [-0.2, 0) is 13.0 Å².